The highest BCUT2D eigenvalue weighted by Gasteiger charge is 2.09. The fourth-order valence-corrected chi connectivity index (χ4v) is 3.84. The van der Waals surface area contributed by atoms with Crippen molar-refractivity contribution < 1.29 is 0 Å². The van der Waals surface area contributed by atoms with Gasteiger partial charge in [-0.05, 0) is 59.2 Å². The third kappa shape index (κ3) is 3.90. The Bertz CT molecular complexity index is 1160. The van der Waals surface area contributed by atoms with E-state index in [0.29, 0.717) is 0 Å². The van der Waals surface area contributed by atoms with E-state index < -0.39 is 0 Å². The molecule has 0 unspecified atom stereocenters. The Hall–Kier alpha value is -3.66. The minimum atomic E-state index is 0.781. The summed E-state index contributed by atoms with van der Waals surface area (Å²) in [6, 6.07) is 27.2. The summed E-state index contributed by atoms with van der Waals surface area (Å²) in [5, 5.41) is 2.28. The van der Waals surface area contributed by atoms with Crippen LogP contribution in [0.1, 0.15) is 5.56 Å². The first kappa shape index (κ1) is 19.6. The van der Waals surface area contributed by atoms with Gasteiger partial charge in [-0.25, -0.2) is 0 Å². The molecular weight excluding hydrogens is 368 g/mol. The summed E-state index contributed by atoms with van der Waals surface area (Å²) in [7, 11) is 6.23. The second kappa shape index (κ2) is 7.99. The number of hydrogen-bond donors (Lipinski definition) is 2. The summed E-state index contributed by atoms with van der Waals surface area (Å²) in [6.07, 6.45) is 0. The fourth-order valence-electron chi connectivity index (χ4n) is 3.84. The Morgan fingerprint density at radius 1 is 0.667 bits per heavy atom. The average Bonchev–Trinajstić information content (AvgIpc) is 2.75. The molecule has 0 saturated carbocycles. The predicted molar refractivity (Wildman–Crippen MR) is 131 cm³/mol. The number of fused-ring (bicyclic) bond motifs is 1. The maximum Gasteiger partial charge on any atom is 0.0442 e. The molecule has 0 fully saturated rings. The van der Waals surface area contributed by atoms with Crippen LogP contribution < -0.4 is 21.3 Å². The summed E-state index contributed by atoms with van der Waals surface area (Å²) < 4.78 is 0. The van der Waals surface area contributed by atoms with Crippen molar-refractivity contribution in [3.05, 3.63) is 84.4 Å². The second-order valence-corrected chi connectivity index (χ2v) is 7.97. The normalized spacial score (nSPS) is 10.9. The molecule has 0 aliphatic rings. The molecule has 0 atom stereocenters. The quantitative estimate of drug-likeness (QED) is 0.445. The summed E-state index contributed by atoms with van der Waals surface area (Å²) in [5.74, 6) is 0. The molecule has 0 amide bonds. The van der Waals surface area contributed by atoms with Gasteiger partial charge < -0.3 is 21.3 Å². The van der Waals surface area contributed by atoms with Crippen LogP contribution in [-0.4, -0.2) is 21.1 Å². The maximum atomic E-state index is 6.28. The Morgan fingerprint density at radius 3 is 1.93 bits per heavy atom. The molecule has 0 bridgehead atoms. The third-order valence-electron chi connectivity index (χ3n) is 5.55. The van der Waals surface area contributed by atoms with Gasteiger partial charge >= 0.3 is 0 Å². The minimum Gasteiger partial charge on any atom is -0.399 e. The predicted octanol–water partition coefficient (Wildman–Crippen LogP) is 5.37. The van der Waals surface area contributed by atoms with Crippen molar-refractivity contribution in [1.29, 1.82) is 0 Å². The molecular formula is C26H28N4. The number of nitrogen functional groups attached to an aromatic ring is 2. The van der Waals surface area contributed by atoms with Gasteiger partial charge in [0.1, 0.15) is 0 Å². The smallest absolute Gasteiger partial charge is 0.0442 e. The first-order valence-corrected chi connectivity index (χ1v) is 10.1. The summed E-state index contributed by atoms with van der Waals surface area (Å²) in [5.41, 5.74) is 19.6. The van der Waals surface area contributed by atoms with Gasteiger partial charge in [-0.3, -0.25) is 0 Å². The Kier molecular flexibility index (Phi) is 5.23. The monoisotopic (exact) mass is 396 g/mol. The molecule has 0 heterocycles. The molecule has 0 aliphatic carbocycles. The SMILES string of the molecule is CN(C)c1ccc(N)c2cc(CN(C)c3ccc(-c4ccc(N)cc4)cc3)ccc12. The molecule has 4 heteroatoms. The second-order valence-electron chi connectivity index (χ2n) is 7.97. The molecule has 0 aromatic heterocycles. The largest absolute Gasteiger partial charge is 0.399 e. The van der Waals surface area contributed by atoms with E-state index in [9.17, 15) is 0 Å². The van der Waals surface area contributed by atoms with Crippen LogP contribution in [0.3, 0.4) is 0 Å². The Morgan fingerprint density at radius 2 is 1.30 bits per heavy atom. The Balaban J connectivity index is 1.56. The first-order valence-electron chi connectivity index (χ1n) is 10.1. The molecule has 4 aromatic rings. The Labute approximate surface area is 178 Å². The number of nitrogens with two attached hydrogens (primary N) is 2. The molecule has 0 aliphatic heterocycles. The van der Waals surface area contributed by atoms with Crippen LogP contribution in [0.15, 0.2) is 78.9 Å². The molecule has 4 N–H and O–H groups in total. The molecule has 30 heavy (non-hydrogen) atoms. The van der Waals surface area contributed by atoms with Gasteiger partial charge in [0, 0.05) is 61.2 Å². The van der Waals surface area contributed by atoms with Crippen LogP contribution >= 0.6 is 0 Å². The van der Waals surface area contributed by atoms with Crippen LogP contribution in [0.2, 0.25) is 0 Å². The zero-order valence-corrected chi connectivity index (χ0v) is 17.8. The zero-order valence-electron chi connectivity index (χ0n) is 17.8. The van der Waals surface area contributed by atoms with E-state index in [4.69, 9.17) is 11.5 Å². The van der Waals surface area contributed by atoms with E-state index in [0.717, 1.165) is 23.3 Å². The van der Waals surface area contributed by atoms with E-state index in [-0.39, 0.29) is 0 Å². The third-order valence-corrected chi connectivity index (χ3v) is 5.55. The van der Waals surface area contributed by atoms with Gasteiger partial charge in [-0.2, -0.15) is 0 Å². The number of nitrogens with zero attached hydrogens (tertiary/aromatic N) is 2. The lowest BCUT2D eigenvalue weighted by atomic mass is 10.0. The maximum absolute atomic E-state index is 6.28. The van der Waals surface area contributed by atoms with Crippen molar-refractivity contribution in [2.45, 2.75) is 6.54 Å². The van der Waals surface area contributed by atoms with Crippen molar-refractivity contribution in [1.82, 2.24) is 0 Å². The standard InChI is InChI=1S/C26H28N4/c1-29(2)26-15-14-25(28)24-16-18(4-13-23(24)26)17-30(3)22-11-7-20(8-12-22)19-5-9-21(27)10-6-19/h4-16H,17,27-28H2,1-3H3. The van der Waals surface area contributed by atoms with Crippen LogP contribution in [0.5, 0.6) is 0 Å². The highest BCUT2D eigenvalue weighted by atomic mass is 15.1. The molecule has 0 saturated heterocycles. The highest BCUT2D eigenvalue weighted by molar-refractivity contribution is 6.01. The van der Waals surface area contributed by atoms with Gasteiger partial charge in [0.15, 0.2) is 0 Å². The number of rotatable bonds is 5. The van der Waals surface area contributed by atoms with Gasteiger partial charge in [-0.1, -0.05) is 36.4 Å². The van der Waals surface area contributed by atoms with Crippen molar-refractivity contribution in [3.63, 3.8) is 0 Å². The van der Waals surface area contributed by atoms with Crippen molar-refractivity contribution in [3.8, 4) is 11.1 Å². The highest BCUT2D eigenvalue weighted by Crippen LogP contribution is 2.31. The van der Waals surface area contributed by atoms with Gasteiger partial charge in [0.05, 0.1) is 0 Å². The van der Waals surface area contributed by atoms with Crippen molar-refractivity contribution >= 4 is 33.5 Å². The van der Waals surface area contributed by atoms with Crippen LogP contribution in [0.4, 0.5) is 22.7 Å². The minimum absolute atomic E-state index is 0.781. The molecule has 4 nitrogen and oxygen atoms in total. The van der Waals surface area contributed by atoms with Crippen molar-refractivity contribution in [2.75, 3.05) is 42.4 Å². The molecule has 4 rings (SSSR count). The lowest BCUT2D eigenvalue weighted by molar-refractivity contribution is 0.925. The van der Waals surface area contributed by atoms with Crippen molar-refractivity contribution in [2.24, 2.45) is 0 Å². The van der Waals surface area contributed by atoms with Crippen LogP contribution in [0, 0.1) is 0 Å². The summed E-state index contributed by atoms with van der Waals surface area (Å²) in [6.45, 7) is 0.808. The van der Waals surface area contributed by atoms with E-state index in [1.165, 1.54) is 33.5 Å². The summed E-state index contributed by atoms with van der Waals surface area (Å²) >= 11 is 0. The molecule has 4 aromatic carbocycles. The lowest BCUT2D eigenvalue weighted by Gasteiger charge is -2.21. The van der Waals surface area contributed by atoms with E-state index >= 15 is 0 Å². The molecule has 0 radical (unpaired) electrons. The molecule has 0 spiro atoms. The number of anilines is 4. The lowest BCUT2D eigenvalue weighted by Crippen LogP contribution is -2.16. The summed E-state index contributed by atoms with van der Waals surface area (Å²) in [4.78, 5) is 4.37. The molecule has 152 valence electrons. The van der Waals surface area contributed by atoms with Gasteiger partial charge in [-0.15, -0.1) is 0 Å². The first-order chi connectivity index (χ1) is 14.4. The zero-order chi connectivity index (χ0) is 21.3. The topological polar surface area (TPSA) is 58.5 Å². The fraction of sp³-hybridized carbons (Fsp3) is 0.154. The van der Waals surface area contributed by atoms with Crippen LogP contribution in [-0.2, 0) is 6.54 Å². The number of benzene rings is 4. The van der Waals surface area contributed by atoms with E-state index in [1.807, 2.05) is 18.2 Å². The van der Waals surface area contributed by atoms with Gasteiger partial charge in [0.2, 0.25) is 0 Å². The van der Waals surface area contributed by atoms with E-state index in [1.54, 1.807) is 0 Å². The van der Waals surface area contributed by atoms with Gasteiger partial charge in [0.25, 0.3) is 0 Å². The average molecular weight is 397 g/mol. The van der Waals surface area contributed by atoms with Crippen LogP contribution in [0.25, 0.3) is 21.9 Å². The number of hydrogen-bond acceptors (Lipinski definition) is 4. The van der Waals surface area contributed by atoms with E-state index in [2.05, 4.69) is 91.6 Å².